The minimum absolute atomic E-state index is 0.0486. The van der Waals surface area contributed by atoms with Crippen LogP contribution in [0.15, 0.2) is 48.5 Å². The minimum atomic E-state index is 0.0486. The molecule has 0 atom stereocenters. The van der Waals surface area contributed by atoms with E-state index in [4.69, 9.17) is 4.74 Å². The minimum Gasteiger partial charge on any atom is -0.380 e. The molecule has 4 nitrogen and oxygen atoms in total. The molecule has 4 heteroatoms. The third-order valence-corrected chi connectivity index (χ3v) is 4.11. The van der Waals surface area contributed by atoms with E-state index in [2.05, 4.69) is 43.3 Å². The molecule has 0 radical (unpaired) electrons. The van der Waals surface area contributed by atoms with Crippen molar-refractivity contribution < 1.29 is 9.53 Å². The lowest BCUT2D eigenvalue weighted by Crippen LogP contribution is -2.31. The fraction of sp³-hybridized carbons (Fsp3) is 0.381. The number of ether oxygens (including phenoxy) is 1. The van der Waals surface area contributed by atoms with Crippen LogP contribution in [0.2, 0.25) is 0 Å². The molecule has 0 spiro atoms. The molecule has 1 amide bonds. The number of nitrogens with zero attached hydrogens (tertiary/aromatic N) is 2. The Balaban J connectivity index is 2.13. The molecule has 0 fully saturated rings. The quantitative estimate of drug-likeness (QED) is 0.737. The topological polar surface area (TPSA) is 32.8 Å². The Labute approximate surface area is 151 Å². The molecule has 0 saturated carbocycles. The molecule has 2 aromatic rings. The van der Waals surface area contributed by atoms with Crippen LogP contribution < -0.4 is 0 Å². The van der Waals surface area contributed by atoms with Crippen LogP contribution in [0, 0.1) is 0 Å². The molecule has 0 unspecified atom stereocenters. The number of carbonyl (C=O) groups is 1. The van der Waals surface area contributed by atoms with Gasteiger partial charge in [-0.25, -0.2) is 0 Å². The number of rotatable bonds is 8. The second-order valence-corrected chi connectivity index (χ2v) is 6.46. The number of amides is 1. The highest BCUT2D eigenvalue weighted by Crippen LogP contribution is 2.16. The summed E-state index contributed by atoms with van der Waals surface area (Å²) in [5, 5.41) is 0. The average molecular weight is 340 g/mol. The van der Waals surface area contributed by atoms with E-state index in [1.807, 2.05) is 36.1 Å². The van der Waals surface area contributed by atoms with Gasteiger partial charge in [0, 0.05) is 32.3 Å². The molecule has 2 aromatic carbocycles. The van der Waals surface area contributed by atoms with Crippen molar-refractivity contribution in [3.8, 4) is 0 Å². The number of benzene rings is 2. The molecule has 0 aliphatic heterocycles. The van der Waals surface area contributed by atoms with Crippen LogP contribution in [0.25, 0.3) is 0 Å². The van der Waals surface area contributed by atoms with Gasteiger partial charge in [-0.2, -0.15) is 0 Å². The summed E-state index contributed by atoms with van der Waals surface area (Å²) < 4.78 is 5.22. The first kappa shape index (κ1) is 19.2. The summed E-state index contributed by atoms with van der Waals surface area (Å²) in [4.78, 5) is 17.0. The average Bonchev–Trinajstić information content (AvgIpc) is 2.61. The Morgan fingerprint density at radius 1 is 0.960 bits per heavy atom. The van der Waals surface area contributed by atoms with E-state index in [1.165, 1.54) is 5.56 Å². The standard InChI is InChI=1S/C21H28N2O2/c1-5-23(15-18-12-10-17(11-13-18)14-22(2)3)21(24)20-9-7-6-8-19(20)16-25-4/h6-13H,5,14-16H2,1-4H3. The molecule has 0 aliphatic rings. The molecule has 134 valence electrons. The number of hydrogen-bond donors (Lipinski definition) is 0. The van der Waals surface area contributed by atoms with E-state index in [9.17, 15) is 4.79 Å². The monoisotopic (exact) mass is 340 g/mol. The second-order valence-electron chi connectivity index (χ2n) is 6.46. The maximum atomic E-state index is 13.0. The summed E-state index contributed by atoms with van der Waals surface area (Å²) in [5.74, 6) is 0.0486. The van der Waals surface area contributed by atoms with Crippen LogP contribution in [0.5, 0.6) is 0 Å². The zero-order valence-corrected chi connectivity index (χ0v) is 15.7. The highest BCUT2D eigenvalue weighted by atomic mass is 16.5. The van der Waals surface area contributed by atoms with Crippen LogP contribution in [-0.4, -0.2) is 43.5 Å². The molecule has 2 rings (SSSR count). The molecule has 25 heavy (non-hydrogen) atoms. The molecule has 0 saturated heterocycles. The molecular weight excluding hydrogens is 312 g/mol. The zero-order valence-electron chi connectivity index (χ0n) is 15.7. The molecule has 0 aromatic heterocycles. The van der Waals surface area contributed by atoms with E-state index in [0.717, 1.165) is 23.2 Å². The van der Waals surface area contributed by atoms with E-state index < -0.39 is 0 Å². The van der Waals surface area contributed by atoms with Gasteiger partial charge in [-0.3, -0.25) is 4.79 Å². The Bertz CT molecular complexity index is 681. The summed E-state index contributed by atoms with van der Waals surface area (Å²) in [7, 11) is 5.76. The van der Waals surface area contributed by atoms with Crippen LogP contribution in [0.4, 0.5) is 0 Å². The van der Waals surface area contributed by atoms with Crippen molar-refractivity contribution in [3.05, 3.63) is 70.8 Å². The predicted molar refractivity (Wildman–Crippen MR) is 101 cm³/mol. The lowest BCUT2D eigenvalue weighted by Gasteiger charge is -2.22. The van der Waals surface area contributed by atoms with Crippen LogP contribution in [0.3, 0.4) is 0 Å². The Morgan fingerprint density at radius 3 is 2.12 bits per heavy atom. The van der Waals surface area contributed by atoms with Crippen LogP contribution in [-0.2, 0) is 24.4 Å². The largest absolute Gasteiger partial charge is 0.380 e. The fourth-order valence-corrected chi connectivity index (χ4v) is 2.84. The van der Waals surface area contributed by atoms with Crippen molar-refractivity contribution in [2.75, 3.05) is 27.7 Å². The Morgan fingerprint density at radius 2 is 1.56 bits per heavy atom. The maximum Gasteiger partial charge on any atom is 0.254 e. The smallest absolute Gasteiger partial charge is 0.254 e. The van der Waals surface area contributed by atoms with Crippen molar-refractivity contribution in [1.82, 2.24) is 9.80 Å². The van der Waals surface area contributed by atoms with E-state index in [0.29, 0.717) is 19.7 Å². The fourth-order valence-electron chi connectivity index (χ4n) is 2.84. The number of carbonyl (C=O) groups excluding carboxylic acids is 1. The predicted octanol–water partition coefficient (Wildman–Crippen LogP) is 3.56. The summed E-state index contributed by atoms with van der Waals surface area (Å²) in [5.41, 5.74) is 4.06. The van der Waals surface area contributed by atoms with E-state index in [1.54, 1.807) is 7.11 Å². The Kier molecular flexibility index (Phi) is 7.16. The van der Waals surface area contributed by atoms with E-state index >= 15 is 0 Å². The van der Waals surface area contributed by atoms with Crippen molar-refractivity contribution in [1.29, 1.82) is 0 Å². The maximum absolute atomic E-state index is 13.0. The van der Waals surface area contributed by atoms with Crippen molar-refractivity contribution >= 4 is 5.91 Å². The van der Waals surface area contributed by atoms with Crippen LogP contribution in [0.1, 0.15) is 34.0 Å². The summed E-state index contributed by atoms with van der Waals surface area (Å²) in [6.45, 7) is 4.65. The number of methoxy groups -OCH3 is 1. The van der Waals surface area contributed by atoms with Gasteiger partial charge in [-0.1, -0.05) is 42.5 Å². The molecular formula is C21H28N2O2. The SMILES string of the molecule is CCN(Cc1ccc(CN(C)C)cc1)C(=O)c1ccccc1COC. The van der Waals surface area contributed by atoms with Gasteiger partial charge in [0.15, 0.2) is 0 Å². The van der Waals surface area contributed by atoms with Gasteiger partial charge >= 0.3 is 0 Å². The van der Waals surface area contributed by atoms with E-state index in [-0.39, 0.29) is 5.91 Å². The van der Waals surface area contributed by atoms with Crippen molar-refractivity contribution in [2.45, 2.75) is 26.6 Å². The first-order chi connectivity index (χ1) is 12.0. The first-order valence-electron chi connectivity index (χ1n) is 8.63. The molecule has 0 aliphatic carbocycles. The van der Waals surface area contributed by atoms with Gasteiger partial charge in [-0.15, -0.1) is 0 Å². The van der Waals surface area contributed by atoms with Gasteiger partial charge in [0.2, 0.25) is 0 Å². The molecule has 0 N–H and O–H groups in total. The second kappa shape index (κ2) is 9.35. The molecule has 0 heterocycles. The summed E-state index contributed by atoms with van der Waals surface area (Å²) in [6, 6.07) is 16.1. The Hall–Kier alpha value is -2.17. The zero-order chi connectivity index (χ0) is 18.2. The molecule has 0 bridgehead atoms. The van der Waals surface area contributed by atoms with Crippen LogP contribution >= 0.6 is 0 Å². The van der Waals surface area contributed by atoms with Gasteiger partial charge in [0.1, 0.15) is 0 Å². The van der Waals surface area contributed by atoms with Crippen molar-refractivity contribution in [2.24, 2.45) is 0 Å². The number of hydrogen-bond acceptors (Lipinski definition) is 3. The van der Waals surface area contributed by atoms with Gasteiger partial charge in [0.25, 0.3) is 5.91 Å². The van der Waals surface area contributed by atoms with Gasteiger partial charge < -0.3 is 14.5 Å². The third kappa shape index (κ3) is 5.41. The summed E-state index contributed by atoms with van der Waals surface area (Å²) >= 11 is 0. The van der Waals surface area contributed by atoms with Gasteiger partial charge in [-0.05, 0) is 43.8 Å². The van der Waals surface area contributed by atoms with Gasteiger partial charge in [0.05, 0.1) is 6.61 Å². The van der Waals surface area contributed by atoms with Crippen molar-refractivity contribution in [3.63, 3.8) is 0 Å². The first-order valence-corrected chi connectivity index (χ1v) is 8.63. The summed E-state index contributed by atoms with van der Waals surface area (Å²) in [6.07, 6.45) is 0. The highest BCUT2D eigenvalue weighted by Gasteiger charge is 2.17. The highest BCUT2D eigenvalue weighted by molar-refractivity contribution is 5.95. The third-order valence-electron chi connectivity index (χ3n) is 4.11. The normalized spacial score (nSPS) is 10.9. The lowest BCUT2D eigenvalue weighted by molar-refractivity contribution is 0.0747. The lowest BCUT2D eigenvalue weighted by atomic mass is 10.1.